The molecule has 0 atom stereocenters. The van der Waals surface area contributed by atoms with Crippen molar-refractivity contribution in [2.45, 2.75) is 9.79 Å². The number of fused-ring (bicyclic) bond motifs is 1. The Labute approximate surface area is 137 Å². The molecule has 0 fully saturated rings. The summed E-state index contributed by atoms with van der Waals surface area (Å²) in [6.07, 6.45) is 0. The zero-order valence-corrected chi connectivity index (χ0v) is 13.6. The van der Waals surface area contributed by atoms with E-state index in [1.54, 1.807) is 24.3 Å². The molecular formula is C14H11ClN2O3S2. The summed E-state index contributed by atoms with van der Waals surface area (Å²) in [6.45, 7) is 0. The second-order valence-corrected chi connectivity index (χ2v) is 7.75. The van der Waals surface area contributed by atoms with Crippen LogP contribution in [0, 0.1) is 0 Å². The zero-order chi connectivity index (χ0) is 15.7. The Balaban J connectivity index is 1.92. The highest BCUT2D eigenvalue weighted by Crippen LogP contribution is 2.33. The summed E-state index contributed by atoms with van der Waals surface area (Å²) in [5.41, 5.74) is 0.888. The average molecular weight is 355 g/mol. The number of sulfonamides is 1. The van der Waals surface area contributed by atoms with E-state index < -0.39 is 10.0 Å². The van der Waals surface area contributed by atoms with Crippen molar-refractivity contribution < 1.29 is 13.2 Å². The second kappa shape index (κ2) is 5.83. The van der Waals surface area contributed by atoms with Crippen molar-refractivity contribution in [3.05, 3.63) is 47.5 Å². The van der Waals surface area contributed by atoms with Crippen molar-refractivity contribution in [3.8, 4) is 0 Å². The fraction of sp³-hybridized carbons (Fsp3) is 0.0714. The van der Waals surface area contributed by atoms with Crippen LogP contribution in [0.25, 0.3) is 0 Å². The molecule has 1 aliphatic rings. The van der Waals surface area contributed by atoms with Gasteiger partial charge in [0.1, 0.15) is 0 Å². The van der Waals surface area contributed by atoms with Crippen molar-refractivity contribution in [3.63, 3.8) is 0 Å². The molecule has 5 nitrogen and oxygen atoms in total. The molecule has 2 aromatic carbocycles. The van der Waals surface area contributed by atoms with Crippen LogP contribution in [0.2, 0.25) is 5.02 Å². The largest absolute Gasteiger partial charge is 0.324 e. The Bertz CT molecular complexity index is 853. The summed E-state index contributed by atoms with van der Waals surface area (Å²) in [5.74, 6) is 0.190. The van der Waals surface area contributed by atoms with Gasteiger partial charge in [-0.1, -0.05) is 17.7 Å². The van der Waals surface area contributed by atoms with Gasteiger partial charge in [0.15, 0.2) is 0 Å². The zero-order valence-electron chi connectivity index (χ0n) is 11.2. The first-order valence-electron chi connectivity index (χ1n) is 6.29. The van der Waals surface area contributed by atoms with Gasteiger partial charge in [0.25, 0.3) is 10.0 Å². The van der Waals surface area contributed by atoms with Crippen LogP contribution in [0.1, 0.15) is 0 Å². The summed E-state index contributed by atoms with van der Waals surface area (Å²) in [6, 6.07) is 11.1. The smallest absolute Gasteiger partial charge is 0.261 e. The van der Waals surface area contributed by atoms with Crippen LogP contribution in [0.3, 0.4) is 0 Å². The van der Waals surface area contributed by atoms with Gasteiger partial charge in [-0.15, -0.1) is 11.8 Å². The first-order chi connectivity index (χ1) is 10.4. The van der Waals surface area contributed by atoms with Crippen LogP contribution in [0.4, 0.5) is 11.4 Å². The van der Waals surface area contributed by atoms with E-state index in [0.717, 1.165) is 4.90 Å². The van der Waals surface area contributed by atoms with Gasteiger partial charge in [-0.25, -0.2) is 8.42 Å². The molecule has 2 aromatic rings. The van der Waals surface area contributed by atoms with Crippen LogP contribution in [0.5, 0.6) is 0 Å². The number of rotatable bonds is 3. The fourth-order valence-corrected chi connectivity index (χ4v) is 4.05. The van der Waals surface area contributed by atoms with Gasteiger partial charge in [-0.3, -0.25) is 9.52 Å². The third-order valence-corrected chi connectivity index (χ3v) is 5.66. The van der Waals surface area contributed by atoms with Gasteiger partial charge < -0.3 is 5.32 Å². The minimum Gasteiger partial charge on any atom is -0.324 e. The predicted molar refractivity (Wildman–Crippen MR) is 88.1 cm³/mol. The number of carbonyl (C=O) groups excluding carboxylic acids is 1. The molecule has 3 rings (SSSR count). The van der Waals surface area contributed by atoms with Crippen molar-refractivity contribution in [2.24, 2.45) is 0 Å². The van der Waals surface area contributed by atoms with E-state index in [1.807, 2.05) is 0 Å². The van der Waals surface area contributed by atoms with Crippen LogP contribution in [-0.4, -0.2) is 20.1 Å². The predicted octanol–water partition coefficient (Wildman–Crippen LogP) is 3.19. The lowest BCUT2D eigenvalue weighted by Crippen LogP contribution is -2.20. The van der Waals surface area contributed by atoms with E-state index in [4.69, 9.17) is 11.6 Å². The van der Waals surface area contributed by atoms with Crippen LogP contribution in [-0.2, 0) is 14.8 Å². The molecule has 2 N–H and O–H groups in total. The van der Waals surface area contributed by atoms with Crippen molar-refractivity contribution in [1.29, 1.82) is 0 Å². The molecule has 1 heterocycles. The average Bonchev–Trinajstić information content (AvgIpc) is 2.46. The normalized spacial score (nSPS) is 14.1. The molecule has 0 saturated carbocycles. The topological polar surface area (TPSA) is 75.3 Å². The van der Waals surface area contributed by atoms with E-state index in [0.29, 0.717) is 22.2 Å². The van der Waals surface area contributed by atoms with E-state index >= 15 is 0 Å². The number of halogens is 1. The Morgan fingerprint density at radius 1 is 1.18 bits per heavy atom. The van der Waals surface area contributed by atoms with Gasteiger partial charge >= 0.3 is 0 Å². The highest BCUT2D eigenvalue weighted by molar-refractivity contribution is 8.00. The molecule has 0 bridgehead atoms. The maximum absolute atomic E-state index is 12.4. The van der Waals surface area contributed by atoms with Crippen molar-refractivity contribution in [2.75, 3.05) is 15.8 Å². The number of thioether (sulfide) groups is 1. The summed E-state index contributed by atoms with van der Waals surface area (Å²) in [4.78, 5) is 12.3. The summed E-state index contributed by atoms with van der Waals surface area (Å²) in [5, 5.41) is 3.11. The molecule has 0 aliphatic carbocycles. The molecule has 0 saturated heterocycles. The third kappa shape index (κ3) is 3.21. The standard InChI is InChI=1S/C14H11ClN2O3S2/c15-9-2-1-3-10(6-9)17-22(19,20)11-4-5-13-12(7-11)16-14(18)8-21-13/h1-7,17H,8H2,(H,16,18). The van der Waals surface area contributed by atoms with Gasteiger partial charge in [-0.05, 0) is 36.4 Å². The first-order valence-corrected chi connectivity index (χ1v) is 9.14. The lowest BCUT2D eigenvalue weighted by molar-refractivity contribution is -0.113. The van der Waals surface area contributed by atoms with Crippen molar-refractivity contribution in [1.82, 2.24) is 0 Å². The Morgan fingerprint density at radius 2 is 2.00 bits per heavy atom. The molecule has 0 radical (unpaired) electrons. The highest BCUT2D eigenvalue weighted by Gasteiger charge is 2.20. The van der Waals surface area contributed by atoms with Crippen LogP contribution < -0.4 is 10.0 Å². The summed E-state index contributed by atoms with van der Waals surface area (Å²) < 4.78 is 27.3. The van der Waals surface area contributed by atoms with Crippen molar-refractivity contribution >= 4 is 50.7 Å². The van der Waals surface area contributed by atoms with E-state index in [2.05, 4.69) is 10.0 Å². The number of hydrogen-bond donors (Lipinski definition) is 2. The van der Waals surface area contributed by atoms with Gasteiger partial charge in [0.05, 0.1) is 22.0 Å². The lowest BCUT2D eigenvalue weighted by atomic mass is 10.3. The van der Waals surface area contributed by atoms with E-state index in [-0.39, 0.29) is 10.8 Å². The molecule has 8 heteroatoms. The van der Waals surface area contributed by atoms with Crippen LogP contribution in [0.15, 0.2) is 52.3 Å². The molecule has 0 aromatic heterocycles. The Hall–Kier alpha value is -1.70. The monoisotopic (exact) mass is 354 g/mol. The van der Waals surface area contributed by atoms with E-state index in [9.17, 15) is 13.2 Å². The molecular weight excluding hydrogens is 344 g/mol. The molecule has 114 valence electrons. The minimum absolute atomic E-state index is 0.0778. The fourth-order valence-electron chi connectivity index (χ4n) is 2.00. The highest BCUT2D eigenvalue weighted by atomic mass is 35.5. The minimum atomic E-state index is -3.75. The van der Waals surface area contributed by atoms with Crippen LogP contribution >= 0.6 is 23.4 Å². The quantitative estimate of drug-likeness (QED) is 0.887. The number of benzene rings is 2. The van der Waals surface area contributed by atoms with Gasteiger partial charge in [0.2, 0.25) is 5.91 Å². The number of amides is 1. The number of carbonyl (C=O) groups is 1. The Morgan fingerprint density at radius 3 is 2.77 bits per heavy atom. The maximum Gasteiger partial charge on any atom is 0.261 e. The van der Waals surface area contributed by atoms with Gasteiger partial charge in [-0.2, -0.15) is 0 Å². The molecule has 0 unspecified atom stereocenters. The Kier molecular flexibility index (Phi) is 4.03. The SMILES string of the molecule is O=C1CSc2ccc(S(=O)(=O)Nc3cccc(Cl)c3)cc2N1. The third-order valence-electron chi connectivity index (χ3n) is 2.97. The second-order valence-electron chi connectivity index (χ2n) is 4.61. The molecule has 0 spiro atoms. The number of hydrogen-bond acceptors (Lipinski definition) is 4. The van der Waals surface area contributed by atoms with E-state index in [1.165, 1.54) is 30.0 Å². The van der Waals surface area contributed by atoms with Gasteiger partial charge in [0, 0.05) is 9.92 Å². The molecule has 1 amide bonds. The lowest BCUT2D eigenvalue weighted by Gasteiger charge is -2.17. The molecule has 1 aliphatic heterocycles. The summed E-state index contributed by atoms with van der Waals surface area (Å²) >= 11 is 7.22. The maximum atomic E-state index is 12.4. The molecule has 22 heavy (non-hydrogen) atoms. The summed E-state index contributed by atoms with van der Waals surface area (Å²) in [7, 11) is -3.75. The number of nitrogens with one attached hydrogen (secondary N) is 2. The number of anilines is 2. The first kappa shape index (κ1) is 15.2.